The molecule has 33 heavy (non-hydrogen) atoms. The number of amides is 2. The first-order chi connectivity index (χ1) is 15.6. The van der Waals surface area contributed by atoms with Crippen LogP contribution >= 0.6 is 0 Å². The van der Waals surface area contributed by atoms with Crippen LogP contribution in [0.4, 0.5) is 18.9 Å². The van der Waals surface area contributed by atoms with Crippen LogP contribution in [0.25, 0.3) is 5.69 Å². The van der Waals surface area contributed by atoms with Gasteiger partial charge in [0.05, 0.1) is 22.5 Å². The molecule has 3 aromatic rings. The SMILES string of the molecule is C=CCNC(=O)c1ccccc1NC(=O)c1nn(-c2ccccc2C(F)(F)F)c(C)cc1=O. The van der Waals surface area contributed by atoms with Crippen LogP contribution in [0, 0.1) is 6.92 Å². The third-order valence-electron chi connectivity index (χ3n) is 4.59. The highest BCUT2D eigenvalue weighted by molar-refractivity contribution is 6.08. The van der Waals surface area contributed by atoms with Gasteiger partial charge in [-0.1, -0.05) is 30.3 Å². The van der Waals surface area contributed by atoms with Gasteiger partial charge >= 0.3 is 6.18 Å². The molecular formula is C23H19F3N4O3. The Balaban J connectivity index is 2.02. The van der Waals surface area contributed by atoms with E-state index in [1.165, 1.54) is 43.3 Å². The van der Waals surface area contributed by atoms with Crippen LogP contribution in [0.15, 0.2) is 72.0 Å². The van der Waals surface area contributed by atoms with Crippen LogP contribution < -0.4 is 16.1 Å². The average Bonchev–Trinajstić information content (AvgIpc) is 2.77. The largest absolute Gasteiger partial charge is 0.418 e. The third kappa shape index (κ3) is 5.17. The molecule has 0 aliphatic rings. The topological polar surface area (TPSA) is 93.1 Å². The lowest BCUT2D eigenvalue weighted by Crippen LogP contribution is -2.29. The van der Waals surface area contributed by atoms with E-state index in [4.69, 9.17) is 0 Å². The molecule has 0 saturated carbocycles. The average molecular weight is 456 g/mol. The summed E-state index contributed by atoms with van der Waals surface area (Å²) in [4.78, 5) is 37.6. The molecule has 0 spiro atoms. The Morgan fingerprint density at radius 1 is 1.09 bits per heavy atom. The summed E-state index contributed by atoms with van der Waals surface area (Å²) in [5, 5.41) is 8.93. The lowest BCUT2D eigenvalue weighted by Gasteiger charge is -2.17. The van der Waals surface area contributed by atoms with E-state index in [0.717, 1.165) is 16.8 Å². The Morgan fingerprint density at radius 3 is 2.45 bits per heavy atom. The van der Waals surface area contributed by atoms with Crippen molar-refractivity contribution in [1.82, 2.24) is 15.1 Å². The van der Waals surface area contributed by atoms with Crippen LogP contribution in [0.3, 0.4) is 0 Å². The molecule has 0 aliphatic carbocycles. The van der Waals surface area contributed by atoms with Crippen LogP contribution in [-0.4, -0.2) is 28.1 Å². The van der Waals surface area contributed by atoms with Crippen LogP contribution in [0.1, 0.15) is 32.1 Å². The Hall–Kier alpha value is -4.21. The van der Waals surface area contributed by atoms with Gasteiger partial charge < -0.3 is 10.6 Å². The number of nitrogens with zero attached hydrogens (tertiary/aromatic N) is 2. The maximum atomic E-state index is 13.5. The second kappa shape index (κ2) is 9.51. The molecule has 3 rings (SSSR count). The van der Waals surface area contributed by atoms with E-state index in [1.807, 2.05) is 0 Å². The molecule has 170 valence electrons. The number of hydrogen-bond donors (Lipinski definition) is 2. The van der Waals surface area contributed by atoms with Gasteiger partial charge in [-0.05, 0) is 31.2 Å². The summed E-state index contributed by atoms with van der Waals surface area (Å²) in [5.41, 5.74) is -2.37. The van der Waals surface area contributed by atoms with E-state index in [0.29, 0.717) is 0 Å². The minimum absolute atomic E-state index is 0.105. The quantitative estimate of drug-likeness (QED) is 0.553. The molecular weight excluding hydrogens is 437 g/mol. The van der Waals surface area contributed by atoms with Gasteiger partial charge in [-0.3, -0.25) is 14.4 Å². The lowest BCUT2D eigenvalue weighted by molar-refractivity contribution is -0.137. The molecule has 7 nitrogen and oxygen atoms in total. The number of para-hydroxylation sites is 2. The Labute approximate surface area is 186 Å². The van der Waals surface area contributed by atoms with Crippen molar-refractivity contribution in [2.24, 2.45) is 0 Å². The van der Waals surface area contributed by atoms with E-state index in [2.05, 4.69) is 22.3 Å². The molecule has 2 N–H and O–H groups in total. The Bertz CT molecular complexity index is 1280. The maximum absolute atomic E-state index is 13.5. The molecule has 1 heterocycles. The highest BCUT2D eigenvalue weighted by Crippen LogP contribution is 2.33. The second-order valence-electron chi connectivity index (χ2n) is 6.92. The number of rotatable bonds is 6. The molecule has 10 heteroatoms. The molecule has 0 fully saturated rings. The van der Waals surface area contributed by atoms with E-state index in [1.54, 1.807) is 12.1 Å². The number of anilines is 1. The summed E-state index contributed by atoms with van der Waals surface area (Å²) < 4.78 is 41.3. The monoisotopic (exact) mass is 456 g/mol. The van der Waals surface area contributed by atoms with Gasteiger partial charge in [0.1, 0.15) is 0 Å². The van der Waals surface area contributed by atoms with E-state index < -0.39 is 34.7 Å². The zero-order chi connectivity index (χ0) is 24.2. The van der Waals surface area contributed by atoms with E-state index >= 15 is 0 Å². The zero-order valence-electron chi connectivity index (χ0n) is 17.4. The minimum Gasteiger partial charge on any atom is -0.349 e. The zero-order valence-corrected chi connectivity index (χ0v) is 17.4. The van der Waals surface area contributed by atoms with Gasteiger partial charge in [0.15, 0.2) is 5.69 Å². The Kier molecular flexibility index (Phi) is 6.76. The van der Waals surface area contributed by atoms with Gasteiger partial charge in [0, 0.05) is 18.3 Å². The fourth-order valence-corrected chi connectivity index (χ4v) is 3.08. The first-order valence-corrected chi connectivity index (χ1v) is 9.70. The standard InChI is InChI=1S/C23H19F3N4O3/c1-3-12-27-21(32)15-8-4-6-10-17(15)28-22(33)20-19(31)13-14(2)30(29-20)18-11-7-5-9-16(18)23(24,25)26/h3-11,13H,1,12H2,2H3,(H,27,32)(H,28,33). The predicted octanol–water partition coefficient (Wildman–Crippen LogP) is 3.73. The highest BCUT2D eigenvalue weighted by atomic mass is 19.4. The second-order valence-corrected chi connectivity index (χ2v) is 6.92. The summed E-state index contributed by atoms with van der Waals surface area (Å²) in [5.74, 6) is -1.46. The van der Waals surface area contributed by atoms with Crippen molar-refractivity contribution < 1.29 is 22.8 Å². The fourth-order valence-electron chi connectivity index (χ4n) is 3.08. The van der Waals surface area contributed by atoms with Crippen molar-refractivity contribution in [2.75, 3.05) is 11.9 Å². The number of nitrogens with one attached hydrogen (secondary N) is 2. The van der Waals surface area contributed by atoms with E-state index in [-0.39, 0.29) is 29.2 Å². The first kappa shape index (κ1) is 23.5. The lowest BCUT2D eigenvalue weighted by atomic mass is 10.1. The molecule has 0 saturated heterocycles. The Morgan fingerprint density at radius 2 is 1.76 bits per heavy atom. The molecule has 2 aromatic carbocycles. The minimum atomic E-state index is -4.67. The summed E-state index contributed by atoms with van der Waals surface area (Å²) in [6.45, 7) is 5.11. The molecule has 0 bridgehead atoms. The normalized spacial score (nSPS) is 11.0. The summed E-state index contributed by atoms with van der Waals surface area (Å²) in [7, 11) is 0. The molecule has 0 atom stereocenters. The number of aromatic nitrogens is 2. The van der Waals surface area contributed by atoms with Crippen LogP contribution in [0.5, 0.6) is 0 Å². The van der Waals surface area contributed by atoms with Crippen molar-refractivity contribution in [3.8, 4) is 5.69 Å². The molecule has 0 aliphatic heterocycles. The van der Waals surface area contributed by atoms with Crippen LogP contribution in [-0.2, 0) is 6.18 Å². The van der Waals surface area contributed by atoms with Crippen molar-refractivity contribution in [2.45, 2.75) is 13.1 Å². The number of carbonyl (C=O) groups excluding carboxylic acids is 2. The smallest absolute Gasteiger partial charge is 0.349 e. The van der Waals surface area contributed by atoms with Crippen molar-refractivity contribution in [3.63, 3.8) is 0 Å². The highest BCUT2D eigenvalue weighted by Gasteiger charge is 2.34. The molecule has 0 unspecified atom stereocenters. The van der Waals surface area contributed by atoms with Crippen molar-refractivity contribution >= 4 is 17.5 Å². The summed E-state index contributed by atoms with van der Waals surface area (Å²) in [6, 6.07) is 11.8. The molecule has 2 amide bonds. The summed E-state index contributed by atoms with van der Waals surface area (Å²) >= 11 is 0. The number of aryl methyl sites for hydroxylation is 1. The first-order valence-electron chi connectivity index (χ1n) is 9.70. The number of halogens is 3. The van der Waals surface area contributed by atoms with Crippen molar-refractivity contribution in [1.29, 1.82) is 0 Å². The summed E-state index contributed by atoms with van der Waals surface area (Å²) in [6.07, 6.45) is -3.19. The van der Waals surface area contributed by atoms with Gasteiger partial charge in [0.2, 0.25) is 5.43 Å². The number of benzene rings is 2. The van der Waals surface area contributed by atoms with Gasteiger partial charge in [0.25, 0.3) is 11.8 Å². The fraction of sp³-hybridized carbons (Fsp3) is 0.130. The maximum Gasteiger partial charge on any atom is 0.418 e. The predicted molar refractivity (Wildman–Crippen MR) is 116 cm³/mol. The number of hydrogen-bond acceptors (Lipinski definition) is 4. The van der Waals surface area contributed by atoms with Gasteiger partial charge in [-0.15, -0.1) is 6.58 Å². The van der Waals surface area contributed by atoms with Crippen LogP contribution in [0.2, 0.25) is 0 Å². The van der Waals surface area contributed by atoms with E-state index in [9.17, 15) is 27.6 Å². The molecule has 0 radical (unpaired) electrons. The third-order valence-corrected chi connectivity index (χ3v) is 4.59. The molecule has 1 aromatic heterocycles. The van der Waals surface area contributed by atoms with Gasteiger partial charge in [-0.2, -0.15) is 18.3 Å². The number of alkyl halides is 3. The number of carbonyl (C=O) groups is 2. The van der Waals surface area contributed by atoms with Gasteiger partial charge in [-0.25, -0.2) is 4.68 Å². The van der Waals surface area contributed by atoms with Crippen molar-refractivity contribution in [3.05, 3.63) is 100.0 Å².